The van der Waals surface area contributed by atoms with E-state index in [1.807, 2.05) is 6.92 Å². The second kappa shape index (κ2) is 5.44. The molecule has 0 spiro atoms. The van der Waals surface area contributed by atoms with Gasteiger partial charge >= 0.3 is 0 Å². The molecule has 0 atom stereocenters. The maximum absolute atomic E-state index is 5.89. The summed E-state index contributed by atoms with van der Waals surface area (Å²) in [7, 11) is 1.58. The fourth-order valence-corrected chi connectivity index (χ4v) is 2.20. The molecule has 6 nitrogen and oxygen atoms in total. The van der Waals surface area contributed by atoms with Crippen LogP contribution in [0, 0.1) is 6.92 Å². The minimum absolute atomic E-state index is 0.321. The Bertz CT molecular complexity index is 518. The largest absolute Gasteiger partial charge is 0.377 e. The predicted molar refractivity (Wildman–Crippen MR) is 63.0 cm³/mol. The summed E-state index contributed by atoms with van der Waals surface area (Å²) in [5.41, 5.74) is 0. The number of aromatic amines is 1. The van der Waals surface area contributed by atoms with E-state index in [1.165, 1.54) is 11.8 Å². The van der Waals surface area contributed by atoms with Gasteiger partial charge in [-0.3, -0.25) is 5.10 Å². The van der Waals surface area contributed by atoms with E-state index in [2.05, 4.69) is 25.1 Å². The van der Waals surface area contributed by atoms with Crippen LogP contribution in [-0.2, 0) is 11.3 Å². The van der Waals surface area contributed by atoms with Gasteiger partial charge < -0.3 is 4.74 Å². The molecule has 0 aliphatic heterocycles. The molecule has 0 fully saturated rings. The highest BCUT2D eigenvalue weighted by Crippen LogP contribution is 2.24. The summed E-state index contributed by atoms with van der Waals surface area (Å²) in [5.74, 6) is 1.29. The smallest absolute Gasteiger partial charge is 0.214 e. The lowest BCUT2D eigenvalue weighted by Gasteiger charge is -2.01. The number of rotatable bonds is 4. The van der Waals surface area contributed by atoms with Gasteiger partial charge in [-0.05, 0) is 18.7 Å². The fourth-order valence-electron chi connectivity index (χ4n) is 1.15. The van der Waals surface area contributed by atoms with E-state index >= 15 is 0 Å². The average Bonchev–Trinajstić information content (AvgIpc) is 2.63. The molecule has 1 N–H and O–H groups in total. The standard InChI is InChI=1S/C9H10ClN5OS/c1-5-11-9(15-14-5)17-8-3-6(10)12-7(13-8)4-16-2/h3H,4H2,1-2H3,(H,11,14,15). The lowest BCUT2D eigenvalue weighted by molar-refractivity contribution is 0.177. The molecule has 90 valence electrons. The molecule has 0 aromatic carbocycles. The van der Waals surface area contributed by atoms with Gasteiger partial charge in [0, 0.05) is 13.2 Å². The summed E-state index contributed by atoms with van der Waals surface area (Å²) < 4.78 is 4.96. The Morgan fingerprint density at radius 3 is 2.88 bits per heavy atom. The lowest BCUT2D eigenvalue weighted by atomic mass is 10.6. The number of nitrogens with one attached hydrogen (secondary N) is 1. The lowest BCUT2D eigenvalue weighted by Crippen LogP contribution is -1.98. The van der Waals surface area contributed by atoms with Gasteiger partial charge in [-0.25, -0.2) is 15.0 Å². The van der Waals surface area contributed by atoms with Crippen molar-refractivity contribution in [2.45, 2.75) is 23.7 Å². The second-order valence-corrected chi connectivity index (χ2v) is 4.56. The predicted octanol–water partition coefficient (Wildman–Crippen LogP) is 1.85. The minimum atomic E-state index is 0.321. The van der Waals surface area contributed by atoms with Gasteiger partial charge in [0.15, 0.2) is 5.82 Å². The van der Waals surface area contributed by atoms with Crippen LogP contribution in [0.25, 0.3) is 0 Å². The van der Waals surface area contributed by atoms with Crippen molar-refractivity contribution < 1.29 is 4.74 Å². The maximum Gasteiger partial charge on any atom is 0.214 e. The second-order valence-electron chi connectivity index (χ2n) is 3.18. The minimum Gasteiger partial charge on any atom is -0.377 e. The van der Waals surface area contributed by atoms with Crippen molar-refractivity contribution >= 4 is 23.4 Å². The van der Waals surface area contributed by atoms with Crippen molar-refractivity contribution in [3.05, 3.63) is 22.9 Å². The number of ether oxygens (including phenoxy) is 1. The van der Waals surface area contributed by atoms with Crippen molar-refractivity contribution in [2.24, 2.45) is 0 Å². The molecule has 0 aliphatic carbocycles. The number of hydrogen-bond acceptors (Lipinski definition) is 6. The highest BCUT2D eigenvalue weighted by molar-refractivity contribution is 7.99. The van der Waals surface area contributed by atoms with Crippen LogP contribution < -0.4 is 0 Å². The van der Waals surface area contributed by atoms with E-state index in [1.54, 1.807) is 13.2 Å². The van der Waals surface area contributed by atoms with Crippen molar-refractivity contribution in [3.8, 4) is 0 Å². The first-order chi connectivity index (χ1) is 8.17. The molecule has 0 aliphatic rings. The zero-order valence-corrected chi connectivity index (χ0v) is 10.8. The summed E-state index contributed by atoms with van der Waals surface area (Å²) in [6, 6.07) is 1.66. The Hall–Kier alpha value is -1.18. The SMILES string of the molecule is COCc1nc(Cl)cc(Sc2n[nH]c(C)n2)n1. The van der Waals surface area contributed by atoms with Crippen LogP contribution in [0.1, 0.15) is 11.6 Å². The van der Waals surface area contributed by atoms with Crippen LogP contribution >= 0.6 is 23.4 Å². The number of H-pyrrole nitrogens is 1. The number of aryl methyl sites for hydroxylation is 1. The summed E-state index contributed by atoms with van der Waals surface area (Å²) in [5, 5.41) is 8.43. The van der Waals surface area contributed by atoms with Crippen molar-refractivity contribution in [2.75, 3.05) is 7.11 Å². The molecule has 0 saturated carbocycles. The van der Waals surface area contributed by atoms with Crippen LogP contribution in [0.15, 0.2) is 16.2 Å². The van der Waals surface area contributed by atoms with E-state index in [9.17, 15) is 0 Å². The molecular weight excluding hydrogens is 262 g/mol. The van der Waals surface area contributed by atoms with Crippen molar-refractivity contribution in [1.29, 1.82) is 0 Å². The summed E-state index contributed by atoms with van der Waals surface area (Å²) in [6.07, 6.45) is 0. The van der Waals surface area contributed by atoms with Gasteiger partial charge in [0.2, 0.25) is 5.16 Å². The van der Waals surface area contributed by atoms with Gasteiger partial charge in [-0.15, -0.1) is 5.10 Å². The third-order valence-electron chi connectivity index (χ3n) is 1.76. The normalized spacial score (nSPS) is 10.8. The van der Waals surface area contributed by atoms with E-state index in [-0.39, 0.29) is 0 Å². The molecular formula is C9H10ClN5OS. The Morgan fingerprint density at radius 2 is 2.24 bits per heavy atom. The number of halogens is 1. The fraction of sp³-hybridized carbons (Fsp3) is 0.333. The molecule has 17 heavy (non-hydrogen) atoms. The summed E-state index contributed by atoms with van der Waals surface area (Å²) in [6.45, 7) is 2.15. The quantitative estimate of drug-likeness (QED) is 0.856. The van der Waals surface area contributed by atoms with Crippen molar-refractivity contribution in [3.63, 3.8) is 0 Å². The van der Waals surface area contributed by atoms with Crippen LogP contribution in [-0.4, -0.2) is 32.3 Å². The van der Waals surface area contributed by atoms with E-state index in [0.717, 1.165) is 5.82 Å². The molecule has 2 aromatic rings. The Morgan fingerprint density at radius 1 is 1.41 bits per heavy atom. The molecule has 2 rings (SSSR count). The molecule has 2 heterocycles. The summed E-state index contributed by atoms with van der Waals surface area (Å²) in [4.78, 5) is 12.5. The maximum atomic E-state index is 5.89. The average molecular weight is 272 g/mol. The van der Waals surface area contributed by atoms with Gasteiger partial charge in [-0.1, -0.05) is 11.6 Å². The number of hydrogen-bond donors (Lipinski definition) is 1. The van der Waals surface area contributed by atoms with Crippen molar-refractivity contribution in [1.82, 2.24) is 25.1 Å². The Balaban J connectivity index is 2.20. The van der Waals surface area contributed by atoms with Gasteiger partial charge in [0.05, 0.1) is 0 Å². The zero-order chi connectivity index (χ0) is 12.3. The molecule has 0 saturated heterocycles. The monoisotopic (exact) mass is 271 g/mol. The molecule has 8 heteroatoms. The van der Waals surface area contributed by atoms with Gasteiger partial charge in [0.1, 0.15) is 22.6 Å². The van der Waals surface area contributed by atoms with E-state index in [4.69, 9.17) is 16.3 Å². The highest BCUT2D eigenvalue weighted by Gasteiger charge is 2.08. The Labute approximate surface area is 107 Å². The van der Waals surface area contributed by atoms with Gasteiger partial charge in [-0.2, -0.15) is 0 Å². The molecule has 2 aromatic heterocycles. The first-order valence-corrected chi connectivity index (χ1v) is 5.96. The number of nitrogens with zero attached hydrogens (tertiary/aromatic N) is 4. The van der Waals surface area contributed by atoms with Crippen LogP contribution in [0.3, 0.4) is 0 Å². The number of aromatic nitrogens is 5. The Kier molecular flexibility index (Phi) is 3.93. The summed E-state index contributed by atoms with van der Waals surface area (Å²) >= 11 is 7.21. The van der Waals surface area contributed by atoms with E-state index in [0.29, 0.717) is 27.8 Å². The highest BCUT2D eigenvalue weighted by atomic mass is 35.5. The van der Waals surface area contributed by atoms with Crippen LogP contribution in [0.2, 0.25) is 5.15 Å². The first kappa shape index (κ1) is 12.3. The van der Waals surface area contributed by atoms with Crippen LogP contribution in [0.4, 0.5) is 0 Å². The molecule has 0 unspecified atom stereocenters. The zero-order valence-electron chi connectivity index (χ0n) is 9.27. The molecule has 0 bridgehead atoms. The van der Waals surface area contributed by atoms with E-state index < -0.39 is 0 Å². The third kappa shape index (κ3) is 3.39. The topological polar surface area (TPSA) is 76.6 Å². The molecule has 0 radical (unpaired) electrons. The van der Waals surface area contributed by atoms with Crippen LogP contribution in [0.5, 0.6) is 0 Å². The third-order valence-corrected chi connectivity index (χ3v) is 2.74. The van der Waals surface area contributed by atoms with Gasteiger partial charge in [0.25, 0.3) is 0 Å². The first-order valence-electron chi connectivity index (χ1n) is 4.76. The molecule has 0 amide bonds. The number of methoxy groups -OCH3 is 1.